The van der Waals surface area contributed by atoms with E-state index < -0.39 is 35.2 Å². The van der Waals surface area contributed by atoms with Gasteiger partial charge < -0.3 is 10.2 Å². The first-order valence-corrected chi connectivity index (χ1v) is 6.22. The summed E-state index contributed by atoms with van der Waals surface area (Å²) >= 11 is 0. The molecule has 2 N–H and O–H groups in total. The van der Waals surface area contributed by atoms with Crippen LogP contribution in [0.1, 0.15) is 6.92 Å². The molecule has 20 heavy (non-hydrogen) atoms. The van der Waals surface area contributed by atoms with Crippen molar-refractivity contribution in [3.05, 3.63) is 36.6 Å². The number of hydroxylamine groups is 2. The second-order valence-electron chi connectivity index (χ2n) is 4.80. The van der Waals surface area contributed by atoms with Gasteiger partial charge in [0.1, 0.15) is 11.8 Å². The van der Waals surface area contributed by atoms with Crippen LogP contribution in [0.2, 0.25) is 0 Å². The third-order valence-corrected chi connectivity index (χ3v) is 3.84. The summed E-state index contributed by atoms with van der Waals surface area (Å²) in [6.45, 7) is 5.27. The third-order valence-electron chi connectivity index (χ3n) is 3.84. The standard InChI is InChI=1S/C14H17NO5/c1-4-5-9-6-7-10(16)12(18)14(9)11(17)8(2)15(20-3)13(14)19/h4-7,9-10,12,16,18H,2H2,1,3H3/b5-4+. The van der Waals surface area contributed by atoms with Crippen molar-refractivity contribution in [2.24, 2.45) is 11.3 Å². The van der Waals surface area contributed by atoms with Crippen molar-refractivity contribution >= 4 is 11.7 Å². The maximum absolute atomic E-state index is 12.6. The zero-order valence-corrected chi connectivity index (χ0v) is 11.3. The number of amides is 1. The van der Waals surface area contributed by atoms with Gasteiger partial charge in [-0.15, -0.1) is 0 Å². The van der Waals surface area contributed by atoms with Crippen LogP contribution in [0.5, 0.6) is 0 Å². The lowest BCUT2D eigenvalue weighted by Crippen LogP contribution is -2.57. The Morgan fingerprint density at radius 2 is 2.05 bits per heavy atom. The molecule has 1 saturated heterocycles. The quantitative estimate of drug-likeness (QED) is 0.420. The first kappa shape index (κ1) is 14.6. The molecule has 0 aromatic heterocycles. The molecule has 0 radical (unpaired) electrons. The zero-order valence-electron chi connectivity index (χ0n) is 11.3. The number of hydrogen-bond acceptors (Lipinski definition) is 5. The van der Waals surface area contributed by atoms with Gasteiger partial charge >= 0.3 is 0 Å². The SMILES string of the molecule is C=C1C(=O)C2(C(=O)N1OC)C(/C=C/C)C=CC(O)C2O. The highest BCUT2D eigenvalue weighted by Gasteiger charge is 2.66. The number of carbonyl (C=O) groups excluding carboxylic acids is 2. The molecule has 1 aliphatic carbocycles. The lowest BCUT2D eigenvalue weighted by molar-refractivity contribution is -0.177. The molecule has 1 amide bonds. The molecular weight excluding hydrogens is 262 g/mol. The zero-order chi connectivity index (χ0) is 15.1. The van der Waals surface area contributed by atoms with Gasteiger partial charge in [0, 0.05) is 5.92 Å². The van der Waals surface area contributed by atoms with E-state index in [4.69, 9.17) is 4.84 Å². The monoisotopic (exact) mass is 279 g/mol. The molecule has 1 spiro atoms. The highest BCUT2D eigenvalue weighted by molar-refractivity contribution is 6.21. The first-order valence-electron chi connectivity index (χ1n) is 6.22. The lowest BCUT2D eigenvalue weighted by Gasteiger charge is -2.39. The Morgan fingerprint density at radius 3 is 2.55 bits per heavy atom. The van der Waals surface area contributed by atoms with Crippen LogP contribution in [0.15, 0.2) is 36.6 Å². The summed E-state index contributed by atoms with van der Waals surface area (Å²) in [7, 11) is 1.24. The Balaban J connectivity index is 2.65. The molecule has 4 atom stereocenters. The topological polar surface area (TPSA) is 87.1 Å². The van der Waals surface area contributed by atoms with E-state index in [-0.39, 0.29) is 5.70 Å². The van der Waals surface area contributed by atoms with Crippen molar-refractivity contribution in [1.29, 1.82) is 0 Å². The molecule has 4 unspecified atom stereocenters. The molecule has 0 saturated carbocycles. The van der Waals surface area contributed by atoms with Crippen molar-refractivity contribution in [2.75, 3.05) is 7.11 Å². The van der Waals surface area contributed by atoms with Gasteiger partial charge in [0.2, 0.25) is 0 Å². The lowest BCUT2D eigenvalue weighted by atomic mass is 9.64. The van der Waals surface area contributed by atoms with E-state index in [2.05, 4.69) is 6.58 Å². The number of Topliss-reactive ketones (excluding diaryl/α,β-unsaturated/α-hetero) is 1. The molecule has 2 rings (SSSR count). The van der Waals surface area contributed by atoms with E-state index >= 15 is 0 Å². The summed E-state index contributed by atoms with van der Waals surface area (Å²) in [5.41, 5.74) is -1.96. The predicted octanol–water partition coefficient (Wildman–Crippen LogP) is -0.0569. The van der Waals surface area contributed by atoms with E-state index in [1.54, 1.807) is 25.2 Å². The van der Waals surface area contributed by atoms with Gasteiger partial charge in [-0.3, -0.25) is 14.4 Å². The van der Waals surface area contributed by atoms with Crippen LogP contribution in [0.4, 0.5) is 0 Å². The summed E-state index contributed by atoms with van der Waals surface area (Å²) in [6, 6.07) is 0. The van der Waals surface area contributed by atoms with E-state index in [1.165, 1.54) is 13.2 Å². The van der Waals surface area contributed by atoms with Crippen LogP contribution in [0.25, 0.3) is 0 Å². The normalized spacial score (nSPS) is 37.7. The van der Waals surface area contributed by atoms with E-state index in [9.17, 15) is 19.8 Å². The minimum atomic E-state index is -1.81. The molecular formula is C14H17NO5. The van der Waals surface area contributed by atoms with Crippen LogP contribution < -0.4 is 0 Å². The van der Waals surface area contributed by atoms with Gasteiger partial charge in [-0.1, -0.05) is 30.9 Å². The van der Waals surface area contributed by atoms with Gasteiger partial charge in [-0.05, 0) is 6.92 Å². The van der Waals surface area contributed by atoms with Gasteiger partial charge in [-0.25, -0.2) is 0 Å². The Bertz CT molecular complexity index is 524. The molecule has 6 nitrogen and oxygen atoms in total. The van der Waals surface area contributed by atoms with Gasteiger partial charge in [0.15, 0.2) is 11.2 Å². The van der Waals surface area contributed by atoms with Gasteiger partial charge in [0.25, 0.3) is 5.91 Å². The largest absolute Gasteiger partial charge is 0.388 e. The van der Waals surface area contributed by atoms with Crippen LogP contribution in [-0.2, 0) is 14.4 Å². The van der Waals surface area contributed by atoms with Crippen molar-refractivity contribution in [2.45, 2.75) is 19.1 Å². The Labute approximate surface area is 116 Å². The Hall–Kier alpha value is -1.76. The maximum Gasteiger partial charge on any atom is 0.268 e. The number of nitrogens with zero attached hydrogens (tertiary/aromatic N) is 1. The van der Waals surface area contributed by atoms with Crippen LogP contribution in [0.3, 0.4) is 0 Å². The van der Waals surface area contributed by atoms with Crippen LogP contribution in [0, 0.1) is 11.3 Å². The van der Waals surface area contributed by atoms with Crippen molar-refractivity contribution in [3.63, 3.8) is 0 Å². The van der Waals surface area contributed by atoms with Crippen molar-refractivity contribution in [3.8, 4) is 0 Å². The molecule has 2 aliphatic rings. The maximum atomic E-state index is 12.6. The molecule has 0 aromatic carbocycles. The molecule has 108 valence electrons. The predicted molar refractivity (Wildman–Crippen MR) is 69.9 cm³/mol. The van der Waals surface area contributed by atoms with Crippen LogP contribution in [-0.4, -0.2) is 46.3 Å². The minimum Gasteiger partial charge on any atom is -0.388 e. The smallest absolute Gasteiger partial charge is 0.268 e. The number of allylic oxidation sites excluding steroid dienone is 4. The number of ketones is 1. The first-order chi connectivity index (χ1) is 9.42. The fourth-order valence-corrected chi connectivity index (χ4v) is 2.85. The summed E-state index contributed by atoms with van der Waals surface area (Å²) in [4.78, 5) is 29.9. The fraction of sp³-hybridized carbons (Fsp3) is 0.429. The van der Waals surface area contributed by atoms with Crippen LogP contribution >= 0.6 is 0 Å². The molecule has 6 heteroatoms. The minimum absolute atomic E-state index is 0.145. The summed E-state index contributed by atoms with van der Waals surface area (Å²) in [5, 5.41) is 20.9. The average molecular weight is 279 g/mol. The highest BCUT2D eigenvalue weighted by atomic mass is 16.7. The van der Waals surface area contributed by atoms with Crippen molar-refractivity contribution in [1.82, 2.24) is 5.06 Å². The second-order valence-corrected chi connectivity index (χ2v) is 4.80. The average Bonchev–Trinajstić information content (AvgIpc) is 2.61. The van der Waals surface area contributed by atoms with E-state index in [1.807, 2.05) is 0 Å². The molecule has 0 bridgehead atoms. The third kappa shape index (κ3) is 1.62. The number of aliphatic hydroxyl groups is 2. The van der Waals surface area contributed by atoms with E-state index in [0.29, 0.717) is 0 Å². The Morgan fingerprint density at radius 1 is 1.40 bits per heavy atom. The number of aliphatic hydroxyl groups excluding tert-OH is 2. The summed E-state index contributed by atoms with van der Waals surface area (Å²) < 4.78 is 0. The fourth-order valence-electron chi connectivity index (χ4n) is 2.85. The van der Waals surface area contributed by atoms with E-state index in [0.717, 1.165) is 5.06 Å². The Kier molecular flexibility index (Phi) is 3.64. The second kappa shape index (κ2) is 4.97. The van der Waals surface area contributed by atoms with Gasteiger partial charge in [0.05, 0.1) is 13.2 Å². The number of rotatable bonds is 2. The number of carbonyl (C=O) groups is 2. The summed E-state index contributed by atoms with van der Waals surface area (Å²) in [5.74, 6) is -2.01. The molecule has 0 aromatic rings. The molecule has 1 heterocycles. The summed E-state index contributed by atoms with van der Waals surface area (Å²) in [6.07, 6.45) is 3.38. The molecule has 1 aliphatic heterocycles. The van der Waals surface area contributed by atoms with Crippen molar-refractivity contribution < 1.29 is 24.6 Å². The van der Waals surface area contributed by atoms with Gasteiger partial charge in [-0.2, -0.15) is 5.06 Å². The highest BCUT2D eigenvalue weighted by Crippen LogP contribution is 2.48. The number of hydrogen-bond donors (Lipinski definition) is 2. The molecule has 1 fully saturated rings.